The summed E-state index contributed by atoms with van der Waals surface area (Å²) >= 11 is 0. The minimum absolute atomic E-state index is 0.0891. The lowest BCUT2D eigenvalue weighted by Crippen LogP contribution is -2.36. The zero-order chi connectivity index (χ0) is 24.1. The SMILES string of the molecule is Cc1cccc2c1S(=O)(=O)N(C(=O)c1ccc(C(F)(F)F)cc1)C2CC(=O)OC(C)(C)C. The van der Waals surface area contributed by atoms with Crippen molar-refractivity contribution in [1.82, 2.24) is 4.31 Å². The molecule has 172 valence electrons. The molecule has 6 nitrogen and oxygen atoms in total. The van der Waals surface area contributed by atoms with E-state index < -0.39 is 51.7 Å². The van der Waals surface area contributed by atoms with Crippen molar-refractivity contribution in [1.29, 1.82) is 0 Å². The third-order valence-corrected chi connectivity index (χ3v) is 6.85. The molecule has 0 saturated heterocycles. The number of carbonyl (C=O) groups is 2. The highest BCUT2D eigenvalue weighted by Crippen LogP contribution is 2.44. The Morgan fingerprint density at radius 2 is 1.62 bits per heavy atom. The molecule has 0 aromatic heterocycles. The van der Waals surface area contributed by atoms with Gasteiger partial charge in [-0.1, -0.05) is 18.2 Å². The number of fused-ring (bicyclic) bond motifs is 1. The number of halogens is 3. The second-order valence-electron chi connectivity index (χ2n) is 8.48. The van der Waals surface area contributed by atoms with Gasteiger partial charge in [0.15, 0.2) is 0 Å². The van der Waals surface area contributed by atoms with Gasteiger partial charge in [-0.15, -0.1) is 0 Å². The van der Waals surface area contributed by atoms with E-state index in [0.29, 0.717) is 22.0 Å². The van der Waals surface area contributed by atoms with Crippen LogP contribution >= 0.6 is 0 Å². The Morgan fingerprint density at radius 1 is 1.03 bits per heavy atom. The number of aryl methyl sites for hydroxylation is 1. The van der Waals surface area contributed by atoms with Crippen LogP contribution in [0.5, 0.6) is 0 Å². The smallest absolute Gasteiger partial charge is 0.416 e. The molecule has 1 atom stereocenters. The number of esters is 1. The first kappa shape index (κ1) is 23.8. The lowest BCUT2D eigenvalue weighted by Gasteiger charge is -2.25. The molecule has 0 fully saturated rings. The van der Waals surface area contributed by atoms with E-state index in [2.05, 4.69) is 0 Å². The van der Waals surface area contributed by atoms with Crippen LogP contribution in [0.3, 0.4) is 0 Å². The average molecular weight is 469 g/mol. The number of rotatable bonds is 3. The zero-order valence-corrected chi connectivity index (χ0v) is 18.7. The van der Waals surface area contributed by atoms with Gasteiger partial charge in [-0.05, 0) is 63.1 Å². The van der Waals surface area contributed by atoms with Crippen LogP contribution in [0, 0.1) is 6.92 Å². The normalized spacial score (nSPS) is 17.7. The van der Waals surface area contributed by atoms with Gasteiger partial charge in [-0.25, -0.2) is 12.7 Å². The first-order chi connectivity index (χ1) is 14.6. The summed E-state index contributed by atoms with van der Waals surface area (Å²) in [5.74, 6) is -1.74. The number of amides is 1. The lowest BCUT2D eigenvalue weighted by molar-refractivity contribution is -0.155. The first-order valence-corrected chi connectivity index (χ1v) is 11.1. The minimum Gasteiger partial charge on any atom is -0.460 e. The van der Waals surface area contributed by atoms with E-state index >= 15 is 0 Å². The fourth-order valence-corrected chi connectivity index (χ4v) is 5.62. The fraction of sp³-hybridized carbons (Fsp3) is 0.364. The molecule has 0 spiro atoms. The highest BCUT2D eigenvalue weighted by atomic mass is 32.2. The molecular weight excluding hydrogens is 447 g/mol. The number of ether oxygens (including phenoxy) is 1. The Labute approximate surface area is 184 Å². The third kappa shape index (κ3) is 4.50. The van der Waals surface area contributed by atoms with Gasteiger partial charge in [-0.3, -0.25) is 9.59 Å². The Kier molecular flexibility index (Phi) is 5.88. The molecule has 0 N–H and O–H groups in total. The Balaban J connectivity index is 2.06. The average Bonchev–Trinajstić information content (AvgIpc) is 2.86. The molecular formula is C22H22F3NO5S. The van der Waals surface area contributed by atoms with Crippen LogP contribution in [0.25, 0.3) is 0 Å². The zero-order valence-electron chi connectivity index (χ0n) is 17.9. The minimum atomic E-state index is -4.60. The number of hydrogen-bond acceptors (Lipinski definition) is 5. The van der Waals surface area contributed by atoms with Gasteiger partial charge in [0.1, 0.15) is 5.60 Å². The van der Waals surface area contributed by atoms with Gasteiger partial charge in [-0.2, -0.15) is 13.2 Å². The molecule has 0 bridgehead atoms. The van der Waals surface area contributed by atoms with Crippen LogP contribution in [0.2, 0.25) is 0 Å². The van der Waals surface area contributed by atoms with Crippen LogP contribution in [-0.4, -0.2) is 30.2 Å². The van der Waals surface area contributed by atoms with Crippen molar-refractivity contribution in [2.75, 3.05) is 0 Å². The van der Waals surface area contributed by atoms with E-state index in [1.54, 1.807) is 39.8 Å². The van der Waals surface area contributed by atoms with E-state index in [4.69, 9.17) is 4.74 Å². The summed E-state index contributed by atoms with van der Waals surface area (Å²) in [4.78, 5) is 25.6. The summed E-state index contributed by atoms with van der Waals surface area (Å²) in [6.45, 7) is 6.52. The molecule has 10 heteroatoms. The van der Waals surface area contributed by atoms with E-state index in [0.717, 1.165) is 12.1 Å². The van der Waals surface area contributed by atoms with Gasteiger partial charge in [0, 0.05) is 5.56 Å². The maximum absolute atomic E-state index is 13.3. The van der Waals surface area contributed by atoms with Gasteiger partial charge in [0.05, 0.1) is 22.9 Å². The standard InChI is InChI=1S/C22H22F3NO5S/c1-13-6-5-7-16-17(12-18(27)31-21(2,3)4)26(32(29,30)19(13)16)20(28)14-8-10-15(11-9-14)22(23,24)25/h5-11,17H,12H2,1-4H3. The highest BCUT2D eigenvalue weighted by Gasteiger charge is 2.48. The largest absolute Gasteiger partial charge is 0.460 e. The van der Waals surface area contributed by atoms with Crippen LogP contribution in [0.15, 0.2) is 47.4 Å². The van der Waals surface area contributed by atoms with Gasteiger partial charge in [0.25, 0.3) is 15.9 Å². The third-order valence-electron chi connectivity index (χ3n) is 4.84. The quantitative estimate of drug-likeness (QED) is 0.613. The van der Waals surface area contributed by atoms with Crippen molar-refractivity contribution >= 4 is 21.9 Å². The number of sulfonamides is 1. The summed E-state index contributed by atoms with van der Waals surface area (Å²) in [7, 11) is -4.35. The predicted octanol–water partition coefficient (Wildman–Crippen LogP) is 4.63. The maximum Gasteiger partial charge on any atom is 0.416 e. The molecule has 1 aliphatic heterocycles. The topological polar surface area (TPSA) is 80.8 Å². The van der Waals surface area contributed by atoms with Crippen molar-refractivity contribution in [3.63, 3.8) is 0 Å². The van der Waals surface area contributed by atoms with Crippen molar-refractivity contribution in [2.45, 2.75) is 56.8 Å². The van der Waals surface area contributed by atoms with Crippen molar-refractivity contribution in [3.8, 4) is 0 Å². The van der Waals surface area contributed by atoms with E-state index in [1.165, 1.54) is 6.07 Å². The van der Waals surface area contributed by atoms with Crippen molar-refractivity contribution in [2.24, 2.45) is 0 Å². The second kappa shape index (κ2) is 7.91. The van der Waals surface area contributed by atoms with E-state index in [1.807, 2.05) is 0 Å². The fourth-order valence-electron chi connectivity index (χ4n) is 3.60. The summed E-state index contributed by atoms with van der Waals surface area (Å²) in [6, 6.07) is 6.75. The van der Waals surface area contributed by atoms with Gasteiger partial charge >= 0.3 is 12.1 Å². The molecule has 0 aliphatic carbocycles. The molecule has 3 rings (SSSR count). The van der Waals surface area contributed by atoms with Crippen molar-refractivity contribution in [3.05, 3.63) is 64.7 Å². The second-order valence-corrected chi connectivity index (χ2v) is 10.2. The van der Waals surface area contributed by atoms with Crippen LogP contribution < -0.4 is 0 Å². The van der Waals surface area contributed by atoms with Crippen LogP contribution in [-0.2, 0) is 25.7 Å². The number of carbonyl (C=O) groups excluding carboxylic acids is 2. The number of benzene rings is 2. The molecule has 1 unspecified atom stereocenters. The molecule has 1 amide bonds. The van der Waals surface area contributed by atoms with Crippen LogP contribution in [0.1, 0.15) is 60.3 Å². The summed E-state index contributed by atoms with van der Waals surface area (Å²) < 4.78 is 71.1. The maximum atomic E-state index is 13.3. The Morgan fingerprint density at radius 3 is 2.16 bits per heavy atom. The highest BCUT2D eigenvalue weighted by molar-refractivity contribution is 7.90. The number of nitrogens with zero attached hydrogens (tertiary/aromatic N) is 1. The predicted molar refractivity (Wildman–Crippen MR) is 109 cm³/mol. The summed E-state index contributed by atoms with van der Waals surface area (Å²) in [5.41, 5.74) is -1.40. The molecule has 32 heavy (non-hydrogen) atoms. The summed E-state index contributed by atoms with van der Waals surface area (Å²) in [6.07, 6.45) is -5.03. The molecule has 1 heterocycles. The van der Waals surface area contributed by atoms with Gasteiger partial charge < -0.3 is 4.74 Å². The number of alkyl halides is 3. The van der Waals surface area contributed by atoms with E-state index in [9.17, 15) is 31.2 Å². The molecule has 2 aromatic rings. The van der Waals surface area contributed by atoms with Crippen molar-refractivity contribution < 1.29 is 35.9 Å². The monoisotopic (exact) mass is 469 g/mol. The molecule has 2 aromatic carbocycles. The number of hydrogen-bond donors (Lipinski definition) is 0. The van der Waals surface area contributed by atoms with Gasteiger partial charge in [0.2, 0.25) is 0 Å². The Hall–Kier alpha value is -2.88. The van der Waals surface area contributed by atoms with E-state index in [-0.39, 0.29) is 16.0 Å². The molecule has 0 radical (unpaired) electrons. The molecule has 1 aliphatic rings. The lowest BCUT2D eigenvalue weighted by atomic mass is 10.0. The Bertz CT molecular complexity index is 1170. The first-order valence-electron chi connectivity index (χ1n) is 9.70. The van der Waals surface area contributed by atoms with Crippen LogP contribution in [0.4, 0.5) is 13.2 Å². The summed E-state index contributed by atoms with van der Waals surface area (Å²) in [5, 5.41) is 0. The molecule has 0 saturated carbocycles.